The van der Waals surface area contributed by atoms with Gasteiger partial charge in [-0.1, -0.05) is 21.6 Å². The van der Waals surface area contributed by atoms with Crippen molar-refractivity contribution in [1.82, 2.24) is 10.6 Å². The molecule has 32 heavy (non-hydrogen) atoms. The first-order chi connectivity index (χ1) is 15.0. The molecule has 2 unspecified atom stereocenters. The molecule has 14 heteroatoms. The molecule has 0 aliphatic rings. The number of nitrogens with one attached hydrogen (secondary N) is 2. The zero-order chi connectivity index (χ0) is 24.5. The highest BCUT2D eigenvalue weighted by molar-refractivity contribution is 8.76. The first-order valence-electron chi connectivity index (χ1n) is 9.66. The van der Waals surface area contributed by atoms with Crippen LogP contribution in [0.4, 0.5) is 0 Å². The molecule has 0 amide bonds. The lowest BCUT2D eigenvalue weighted by Gasteiger charge is -2.16. The Kier molecular flexibility index (Phi) is 16.2. The van der Waals surface area contributed by atoms with Gasteiger partial charge in [-0.2, -0.15) is 0 Å². The minimum absolute atomic E-state index is 0.253. The number of Topliss-reactive ketones (excluding diaryl/α,β-unsaturated/α-hetero) is 2. The number of ketones is 2. The topological polar surface area (TPSA) is 207 Å². The van der Waals surface area contributed by atoms with Crippen molar-refractivity contribution in [1.29, 1.82) is 0 Å². The van der Waals surface area contributed by atoms with E-state index in [2.05, 4.69) is 10.6 Å². The number of carbonyl (C=O) groups is 6. The maximum Gasteiger partial charge on any atom is 0.305 e. The number of carboxylic acids is 4. The normalized spacial score (nSPS) is 12.6. The zero-order valence-electron chi connectivity index (χ0n) is 17.3. The Bertz CT molecular complexity index is 618. The lowest BCUT2D eigenvalue weighted by atomic mass is 10.0. The van der Waals surface area contributed by atoms with Crippen LogP contribution >= 0.6 is 21.6 Å². The molecule has 0 radical (unpaired) electrons. The van der Waals surface area contributed by atoms with Gasteiger partial charge in [-0.3, -0.25) is 28.8 Å². The van der Waals surface area contributed by atoms with E-state index in [1.165, 1.54) is 21.6 Å². The van der Waals surface area contributed by atoms with Crippen molar-refractivity contribution < 1.29 is 49.2 Å². The van der Waals surface area contributed by atoms with E-state index >= 15 is 0 Å². The molecule has 182 valence electrons. The summed E-state index contributed by atoms with van der Waals surface area (Å²) >= 11 is 0. The average Bonchev–Trinajstić information content (AvgIpc) is 2.69. The summed E-state index contributed by atoms with van der Waals surface area (Å²) in [4.78, 5) is 66.8. The van der Waals surface area contributed by atoms with Crippen LogP contribution in [0.25, 0.3) is 0 Å². The Balaban J connectivity index is 4.19. The number of hydrogen-bond donors (Lipinski definition) is 6. The molecular weight excluding hydrogens is 468 g/mol. The molecule has 0 aromatic carbocycles. The van der Waals surface area contributed by atoms with Crippen LogP contribution in [0.15, 0.2) is 0 Å². The summed E-state index contributed by atoms with van der Waals surface area (Å²) < 4.78 is 0. The summed E-state index contributed by atoms with van der Waals surface area (Å²) in [6.45, 7) is 0.633. The molecule has 0 aromatic heterocycles. The molecular formula is C18H28N2O10S2. The molecule has 0 aliphatic heterocycles. The SMILES string of the molecule is O=C(O)CCC(=O)C(CC(=O)O)NCCSSCCNC(CC(=O)O)C(=O)CCC(=O)O. The van der Waals surface area contributed by atoms with Gasteiger partial charge in [0, 0.05) is 37.4 Å². The van der Waals surface area contributed by atoms with E-state index in [1.807, 2.05) is 0 Å². The van der Waals surface area contributed by atoms with Gasteiger partial charge in [0.15, 0.2) is 11.6 Å². The molecule has 12 nitrogen and oxygen atoms in total. The Hall–Kier alpha value is -2.16. The third-order valence-electron chi connectivity index (χ3n) is 3.94. The highest BCUT2D eigenvalue weighted by Crippen LogP contribution is 2.19. The predicted molar refractivity (Wildman–Crippen MR) is 117 cm³/mol. The van der Waals surface area contributed by atoms with E-state index in [0.29, 0.717) is 24.6 Å². The Morgan fingerprint density at radius 3 is 1.19 bits per heavy atom. The van der Waals surface area contributed by atoms with Gasteiger partial charge in [-0.25, -0.2) is 0 Å². The van der Waals surface area contributed by atoms with Crippen molar-refractivity contribution in [2.24, 2.45) is 0 Å². The monoisotopic (exact) mass is 496 g/mol. The van der Waals surface area contributed by atoms with Gasteiger partial charge < -0.3 is 31.1 Å². The van der Waals surface area contributed by atoms with Gasteiger partial charge in [0.05, 0.1) is 37.8 Å². The molecule has 0 rings (SSSR count). The van der Waals surface area contributed by atoms with Gasteiger partial charge in [-0.15, -0.1) is 0 Å². The summed E-state index contributed by atoms with van der Waals surface area (Å²) in [6, 6.07) is -1.93. The molecule has 0 spiro atoms. The molecule has 6 N–H and O–H groups in total. The van der Waals surface area contributed by atoms with Gasteiger partial charge >= 0.3 is 23.9 Å². The van der Waals surface area contributed by atoms with Gasteiger partial charge in [0.2, 0.25) is 0 Å². The van der Waals surface area contributed by atoms with Crippen LogP contribution in [0, 0.1) is 0 Å². The van der Waals surface area contributed by atoms with E-state index in [-0.39, 0.29) is 25.7 Å². The lowest BCUT2D eigenvalue weighted by Crippen LogP contribution is -2.40. The summed E-state index contributed by atoms with van der Waals surface area (Å²) in [6.07, 6.45) is -2.12. The summed E-state index contributed by atoms with van der Waals surface area (Å²) in [5, 5.41) is 40.7. The summed E-state index contributed by atoms with van der Waals surface area (Å²) in [7, 11) is 2.83. The van der Waals surface area contributed by atoms with E-state index < -0.39 is 60.4 Å². The Labute approximate surface area is 192 Å². The third kappa shape index (κ3) is 16.5. The van der Waals surface area contributed by atoms with E-state index in [0.717, 1.165) is 0 Å². The van der Waals surface area contributed by atoms with Crippen LogP contribution in [0.1, 0.15) is 38.5 Å². The second-order valence-corrected chi connectivity index (χ2v) is 9.28. The fourth-order valence-electron chi connectivity index (χ4n) is 2.43. The number of rotatable bonds is 21. The number of hydrogen-bond acceptors (Lipinski definition) is 10. The number of aliphatic carboxylic acids is 4. The van der Waals surface area contributed by atoms with Crippen molar-refractivity contribution in [2.75, 3.05) is 24.6 Å². The fraction of sp³-hybridized carbons (Fsp3) is 0.667. The number of carbonyl (C=O) groups excluding carboxylic acids is 2. The van der Waals surface area contributed by atoms with Crippen molar-refractivity contribution in [2.45, 2.75) is 50.6 Å². The largest absolute Gasteiger partial charge is 0.481 e. The van der Waals surface area contributed by atoms with Crippen LogP contribution < -0.4 is 10.6 Å². The van der Waals surface area contributed by atoms with Gasteiger partial charge in [-0.05, 0) is 0 Å². The smallest absolute Gasteiger partial charge is 0.305 e. The average molecular weight is 497 g/mol. The maximum absolute atomic E-state index is 12.0. The zero-order valence-corrected chi connectivity index (χ0v) is 18.9. The van der Waals surface area contributed by atoms with Crippen molar-refractivity contribution in [3.63, 3.8) is 0 Å². The fourth-order valence-corrected chi connectivity index (χ4v) is 4.27. The van der Waals surface area contributed by atoms with Crippen molar-refractivity contribution in [3.8, 4) is 0 Å². The highest BCUT2D eigenvalue weighted by atomic mass is 33.1. The van der Waals surface area contributed by atoms with Gasteiger partial charge in [0.25, 0.3) is 0 Å². The predicted octanol–water partition coefficient (Wildman–Crippen LogP) is 0.101. The first kappa shape index (κ1) is 29.8. The Morgan fingerprint density at radius 2 is 0.906 bits per heavy atom. The summed E-state index contributed by atoms with van der Waals surface area (Å²) in [5.41, 5.74) is 0. The second kappa shape index (κ2) is 17.4. The van der Waals surface area contributed by atoms with Crippen LogP contribution in [-0.2, 0) is 28.8 Å². The van der Waals surface area contributed by atoms with Crippen LogP contribution in [0.2, 0.25) is 0 Å². The maximum atomic E-state index is 12.0. The minimum atomic E-state index is -1.17. The van der Waals surface area contributed by atoms with E-state index in [9.17, 15) is 28.8 Å². The number of carboxylic acid groups (broad SMARTS) is 4. The van der Waals surface area contributed by atoms with Crippen molar-refractivity contribution in [3.05, 3.63) is 0 Å². The lowest BCUT2D eigenvalue weighted by molar-refractivity contribution is -0.141. The second-order valence-electron chi connectivity index (χ2n) is 6.57. The minimum Gasteiger partial charge on any atom is -0.481 e. The molecule has 0 saturated heterocycles. The van der Waals surface area contributed by atoms with Crippen LogP contribution in [-0.4, -0.2) is 92.5 Å². The first-order valence-corrected chi connectivity index (χ1v) is 12.2. The van der Waals surface area contributed by atoms with E-state index in [1.54, 1.807) is 0 Å². The highest BCUT2D eigenvalue weighted by Gasteiger charge is 2.22. The molecule has 0 aromatic rings. The summed E-state index contributed by atoms with van der Waals surface area (Å²) in [5.74, 6) is -4.54. The van der Waals surface area contributed by atoms with Crippen molar-refractivity contribution >= 4 is 57.0 Å². The molecule has 0 bridgehead atoms. The van der Waals surface area contributed by atoms with Crippen LogP contribution in [0.5, 0.6) is 0 Å². The third-order valence-corrected chi connectivity index (χ3v) is 6.35. The van der Waals surface area contributed by atoms with Crippen LogP contribution in [0.3, 0.4) is 0 Å². The molecule has 0 fully saturated rings. The molecule has 0 saturated carbocycles. The van der Waals surface area contributed by atoms with E-state index in [4.69, 9.17) is 20.4 Å². The Morgan fingerprint density at radius 1 is 0.562 bits per heavy atom. The standard InChI is InChI=1S/C18H28N2O10S2/c21-13(1-3-15(23)24)11(9-17(27)28)19-5-7-31-32-8-6-20-12(10-18(29)30)14(22)2-4-16(25)26/h11-12,19-20H,1-10H2,(H,23,24)(H,25,26)(H,27,28)(H,29,30). The quantitative estimate of drug-likeness (QED) is 0.0920. The van der Waals surface area contributed by atoms with Gasteiger partial charge in [0.1, 0.15) is 0 Å². The molecule has 2 atom stereocenters. The molecule has 0 heterocycles. The molecule has 0 aliphatic carbocycles.